The van der Waals surface area contributed by atoms with Gasteiger partial charge in [0.25, 0.3) is 5.91 Å². The van der Waals surface area contributed by atoms with E-state index in [1.807, 2.05) is 23.1 Å². The second-order valence-electron chi connectivity index (χ2n) is 7.82. The van der Waals surface area contributed by atoms with Gasteiger partial charge in [-0.2, -0.15) is 0 Å². The highest BCUT2D eigenvalue weighted by Gasteiger charge is 2.25. The van der Waals surface area contributed by atoms with Crippen LogP contribution in [0.4, 0.5) is 0 Å². The lowest BCUT2D eigenvalue weighted by Gasteiger charge is -2.31. The topological polar surface area (TPSA) is 80.4 Å². The van der Waals surface area contributed by atoms with Crippen LogP contribution in [0.15, 0.2) is 29.4 Å². The number of likely N-dealkylation sites (tertiary alicyclic amines) is 1. The van der Waals surface area contributed by atoms with E-state index in [1.165, 1.54) is 5.56 Å². The first-order chi connectivity index (χ1) is 13.5. The highest BCUT2D eigenvalue weighted by Crippen LogP contribution is 2.17. The summed E-state index contributed by atoms with van der Waals surface area (Å²) in [6.07, 6.45) is 1.45. The Labute approximate surface area is 167 Å². The molecule has 154 valence electrons. The number of piperidine rings is 1. The van der Waals surface area contributed by atoms with E-state index in [0.29, 0.717) is 5.92 Å². The molecule has 1 amide bonds. The molecule has 2 aliphatic heterocycles. The van der Waals surface area contributed by atoms with E-state index < -0.39 is 6.10 Å². The van der Waals surface area contributed by atoms with Crippen molar-refractivity contribution in [1.82, 2.24) is 9.80 Å². The number of amides is 1. The van der Waals surface area contributed by atoms with E-state index in [9.17, 15) is 4.79 Å². The van der Waals surface area contributed by atoms with Crippen LogP contribution in [0.25, 0.3) is 0 Å². The second-order valence-corrected chi connectivity index (χ2v) is 7.82. The molecular formula is C21H32N4O3. The molecule has 1 aromatic carbocycles. The number of oxime groups is 1. The quantitative estimate of drug-likeness (QED) is 0.457. The molecule has 7 nitrogen and oxygen atoms in total. The zero-order chi connectivity index (χ0) is 19.9. The molecule has 2 fully saturated rings. The average molecular weight is 389 g/mol. The van der Waals surface area contributed by atoms with Crippen molar-refractivity contribution in [3.05, 3.63) is 35.4 Å². The number of rotatable bonds is 6. The molecule has 0 saturated carbocycles. The number of benzene rings is 1. The first kappa shape index (κ1) is 20.6. The maximum absolute atomic E-state index is 12.5. The van der Waals surface area contributed by atoms with E-state index in [4.69, 9.17) is 15.3 Å². The Morgan fingerprint density at radius 2 is 2.00 bits per heavy atom. The summed E-state index contributed by atoms with van der Waals surface area (Å²) < 4.78 is 5.39. The van der Waals surface area contributed by atoms with Gasteiger partial charge in [0, 0.05) is 38.3 Å². The third-order valence-corrected chi connectivity index (χ3v) is 5.48. The van der Waals surface area contributed by atoms with Crippen LogP contribution in [-0.4, -0.2) is 67.0 Å². The summed E-state index contributed by atoms with van der Waals surface area (Å²) in [6.45, 7) is 9.81. The van der Waals surface area contributed by atoms with E-state index >= 15 is 0 Å². The molecule has 0 bridgehead atoms. The number of nitrogens with zero attached hydrogens (tertiary/aromatic N) is 3. The van der Waals surface area contributed by atoms with Gasteiger partial charge in [-0.05, 0) is 37.3 Å². The van der Waals surface area contributed by atoms with Gasteiger partial charge in [-0.25, -0.2) is 0 Å². The monoisotopic (exact) mass is 388 g/mol. The minimum Gasteiger partial charge on any atom is -0.381 e. The molecule has 0 spiro atoms. The first-order valence-electron chi connectivity index (χ1n) is 10.2. The van der Waals surface area contributed by atoms with Gasteiger partial charge < -0.3 is 20.2 Å². The summed E-state index contributed by atoms with van der Waals surface area (Å²) in [5.41, 5.74) is 8.08. The van der Waals surface area contributed by atoms with Crippen LogP contribution in [0.2, 0.25) is 0 Å². The standard InChI is InChI=1S/C21H32N4O3/c1-16-6-8-25(9-7-16)21(26)17(2)28-23-20(22)19-5-3-4-18(14-19)15-24-10-12-27-13-11-24/h3-5,14,16-17H,6-13,15H2,1-2H3,(H2,22,23). The van der Waals surface area contributed by atoms with Crippen molar-refractivity contribution >= 4 is 11.7 Å². The van der Waals surface area contributed by atoms with Gasteiger partial charge in [-0.3, -0.25) is 9.69 Å². The van der Waals surface area contributed by atoms with Crippen LogP contribution < -0.4 is 5.73 Å². The molecule has 2 N–H and O–H groups in total. The van der Waals surface area contributed by atoms with Crippen molar-refractivity contribution < 1.29 is 14.4 Å². The third kappa shape index (κ3) is 5.69. The number of nitrogens with two attached hydrogens (primary N) is 1. The van der Waals surface area contributed by atoms with E-state index in [-0.39, 0.29) is 11.7 Å². The minimum atomic E-state index is -0.636. The smallest absolute Gasteiger partial charge is 0.266 e. The summed E-state index contributed by atoms with van der Waals surface area (Å²) in [6, 6.07) is 7.98. The van der Waals surface area contributed by atoms with E-state index in [0.717, 1.165) is 64.3 Å². The van der Waals surface area contributed by atoms with Gasteiger partial charge in [-0.15, -0.1) is 0 Å². The fraction of sp³-hybridized carbons (Fsp3) is 0.619. The largest absolute Gasteiger partial charge is 0.381 e. The fourth-order valence-electron chi connectivity index (χ4n) is 3.57. The number of hydrogen-bond donors (Lipinski definition) is 1. The van der Waals surface area contributed by atoms with Crippen molar-refractivity contribution in [1.29, 1.82) is 0 Å². The van der Waals surface area contributed by atoms with Gasteiger partial charge in [0.2, 0.25) is 6.10 Å². The zero-order valence-electron chi connectivity index (χ0n) is 17.0. The molecule has 28 heavy (non-hydrogen) atoms. The summed E-state index contributed by atoms with van der Waals surface area (Å²) in [5.74, 6) is 0.943. The molecule has 7 heteroatoms. The molecule has 1 unspecified atom stereocenters. The van der Waals surface area contributed by atoms with Crippen LogP contribution in [0.1, 0.15) is 37.8 Å². The molecule has 0 aromatic heterocycles. The Bertz CT molecular complexity index is 680. The Kier molecular flexibility index (Phi) is 7.28. The Morgan fingerprint density at radius 1 is 1.29 bits per heavy atom. The number of hydrogen-bond acceptors (Lipinski definition) is 5. The molecule has 1 atom stereocenters. The lowest BCUT2D eigenvalue weighted by atomic mass is 9.99. The van der Waals surface area contributed by atoms with Crippen LogP contribution in [0.3, 0.4) is 0 Å². The second kappa shape index (κ2) is 9.89. The van der Waals surface area contributed by atoms with Crippen molar-refractivity contribution in [3.8, 4) is 0 Å². The third-order valence-electron chi connectivity index (χ3n) is 5.48. The van der Waals surface area contributed by atoms with Crippen LogP contribution in [0, 0.1) is 5.92 Å². The van der Waals surface area contributed by atoms with Gasteiger partial charge in [0.1, 0.15) is 0 Å². The van der Waals surface area contributed by atoms with Crippen LogP contribution >= 0.6 is 0 Å². The van der Waals surface area contributed by atoms with Crippen molar-refractivity contribution in [2.75, 3.05) is 39.4 Å². The van der Waals surface area contributed by atoms with Crippen molar-refractivity contribution in [2.45, 2.75) is 39.3 Å². The average Bonchev–Trinajstić information content (AvgIpc) is 2.72. The molecule has 3 rings (SSSR count). The van der Waals surface area contributed by atoms with Gasteiger partial charge in [0.15, 0.2) is 5.84 Å². The fourth-order valence-corrected chi connectivity index (χ4v) is 3.57. The number of carbonyl (C=O) groups is 1. The van der Waals surface area contributed by atoms with Crippen molar-refractivity contribution in [3.63, 3.8) is 0 Å². The molecule has 0 radical (unpaired) electrons. The predicted molar refractivity (Wildman–Crippen MR) is 109 cm³/mol. The summed E-state index contributed by atoms with van der Waals surface area (Å²) in [7, 11) is 0. The lowest BCUT2D eigenvalue weighted by molar-refractivity contribution is -0.143. The molecule has 2 aliphatic rings. The summed E-state index contributed by atoms with van der Waals surface area (Å²) in [4.78, 5) is 22.2. The maximum atomic E-state index is 12.5. The van der Waals surface area contributed by atoms with Crippen molar-refractivity contribution in [2.24, 2.45) is 16.8 Å². The lowest BCUT2D eigenvalue weighted by Crippen LogP contribution is -2.43. The first-order valence-corrected chi connectivity index (χ1v) is 10.2. The molecule has 2 heterocycles. The van der Waals surface area contributed by atoms with Crippen LogP contribution in [0.5, 0.6) is 0 Å². The minimum absolute atomic E-state index is 0.0236. The van der Waals surface area contributed by atoms with Gasteiger partial charge in [-0.1, -0.05) is 30.3 Å². The number of carbonyl (C=O) groups excluding carboxylic acids is 1. The Hall–Kier alpha value is -2.12. The Morgan fingerprint density at radius 3 is 2.71 bits per heavy atom. The number of amidine groups is 1. The number of morpholine rings is 1. The Balaban J connectivity index is 1.55. The van der Waals surface area contributed by atoms with Gasteiger partial charge >= 0.3 is 0 Å². The zero-order valence-corrected chi connectivity index (χ0v) is 17.0. The normalized spacial score (nSPS) is 20.8. The summed E-state index contributed by atoms with van der Waals surface area (Å²) >= 11 is 0. The molecule has 2 saturated heterocycles. The molecular weight excluding hydrogens is 356 g/mol. The maximum Gasteiger partial charge on any atom is 0.266 e. The van der Waals surface area contributed by atoms with Gasteiger partial charge in [0.05, 0.1) is 13.2 Å². The van der Waals surface area contributed by atoms with Crippen LogP contribution in [-0.2, 0) is 20.9 Å². The van der Waals surface area contributed by atoms with E-state index in [2.05, 4.69) is 23.0 Å². The van der Waals surface area contributed by atoms with E-state index in [1.54, 1.807) is 6.92 Å². The highest BCUT2D eigenvalue weighted by atomic mass is 16.6. The molecule has 1 aromatic rings. The molecule has 0 aliphatic carbocycles. The number of ether oxygens (including phenoxy) is 1. The predicted octanol–water partition coefficient (Wildman–Crippen LogP) is 1.80. The summed E-state index contributed by atoms with van der Waals surface area (Å²) in [5, 5.41) is 4.03. The highest BCUT2D eigenvalue weighted by molar-refractivity contribution is 5.97. The SMILES string of the molecule is CC1CCN(C(=O)C(C)ON=C(N)c2cccc(CN3CCOCC3)c2)CC1.